The zero-order valence-corrected chi connectivity index (χ0v) is 17.5. The van der Waals surface area contributed by atoms with Gasteiger partial charge in [-0.1, -0.05) is 0 Å². The summed E-state index contributed by atoms with van der Waals surface area (Å²) < 4.78 is 52.6. The fourth-order valence-corrected chi connectivity index (χ4v) is 3.58. The van der Waals surface area contributed by atoms with Crippen LogP contribution < -0.4 is 20.3 Å². The standard InChI is InChI=1S/C23H21F3N4O3/c24-23(25,26)20-15-17(3-6-21(20)29-11-13-32-14-12-29)30(22(27)31)16-1-4-18(5-2-16)33-19-7-9-28-10-8-19/h1-10,15H,11-14H2,(H2,27,31). The van der Waals surface area contributed by atoms with Gasteiger partial charge in [-0.25, -0.2) is 4.79 Å². The quantitative estimate of drug-likeness (QED) is 0.586. The van der Waals surface area contributed by atoms with Crippen molar-refractivity contribution in [1.82, 2.24) is 4.98 Å². The predicted molar refractivity (Wildman–Crippen MR) is 117 cm³/mol. The normalized spacial score (nSPS) is 14.1. The Bertz CT molecular complexity index is 1100. The molecule has 10 heteroatoms. The van der Waals surface area contributed by atoms with E-state index in [9.17, 15) is 18.0 Å². The summed E-state index contributed by atoms with van der Waals surface area (Å²) in [6.45, 7) is 1.39. The van der Waals surface area contributed by atoms with Crippen LogP contribution in [0.1, 0.15) is 5.56 Å². The Morgan fingerprint density at radius 3 is 2.18 bits per heavy atom. The number of hydrogen-bond donors (Lipinski definition) is 1. The minimum Gasteiger partial charge on any atom is -0.457 e. The first kappa shape index (κ1) is 22.4. The van der Waals surface area contributed by atoms with Crippen molar-refractivity contribution in [3.63, 3.8) is 0 Å². The molecule has 1 aliphatic heterocycles. The molecule has 172 valence electrons. The number of benzene rings is 2. The highest BCUT2D eigenvalue weighted by molar-refractivity contribution is 5.98. The Hall–Kier alpha value is -3.79. The number of amides is 2. The summed E-state index contributed by atoms with van der Waals surface area (Å²) in [5.74, 6) is 1.05. The van der Waals surface area contributed by atoms with Gasteiger partial charge in [0.05, 0.1) is 30.2 Å². The second kappa shape index (κ2) is 9.37. The lowest BCUT2D eigenvalue weighted by Crippen LogP contribution is -2.37. The molecule has 2 heterocycles. The largest absolute Gasteiger partial charge is 0.457 e. The summed E-state index contributed by atoms with van der Waals surface area (Å²) in [5.41, 5.74) is 5.05. The van der Waals surface area contributed by atoms with E-state index in [2.05, 4.69) is 4.98 Å². The minimum atomic E-state index is -4.62. The Morgan fingerprint density at radius 1 is 0.970 bits per heavy atom. The number of urea groups is 1. The van der Waals surface area contributed by atoms with E-state index in [4.69, 9.17) is 15.2 Å². The smallest absolute Gasteiger partial charge is 0.418 e. The van der Waals surface area contributed by atoms with Gasteiger partial charge in [-0.3, -0.25) is 9.88 Å². The highest BCUT2D eigenvalue weighted by atomic mass is 19.4. The maximum absolute atomic E-state index is 13.9. The van der Waals surface area contributed by atoms with Gasteiger partial charge in [0, 0.05) is 31.2 Å². The van der Waals surface area contributed by atoms with E-state index in [1.54, 1.807) is 53.7 Å². The Kier molecular flexibility index (Phi) is 6.36. The number of carbonyl (C=O) groups is 1. The van der Waals surface area contributed by atoms with Crippen LogP contribution >= 0.6 is 0 Å². The van der Waals surface area contributed by atoms with Gasteiger partial charge in [-0.05, 0) is 54.6 Å². The van der Waals surface area contributed by atoms with E-state index in [1.165, 1.54) is 12.1 Å². The number of carbonyl (C=O) groups excluding carboxylic acids is 1. The van der Waals surface area contributed by atoms with Gasteiger partial charge in [0.2, 0.25) is 0 Å². The number of alkyl halides is 3. The second-order valence-electron chi connectivity index (χ2n) is 7.25. The average Bonchev–Trinajstić information content (AvgIpc) is 2.81. The molecule has 0 unspecified atom stereocenters. The summed E-state index contributed by atoms with van der Waals surface area (Å²) in [4.78, 5) is 18.8. The topological polar surface area (TPSA) is 80.9 Å². The number of aromatic nitrogens is 1. The van der Waals surface area contributed by atoms with E-state index >= 15 is 0 Å². The molecule has 1 fully saturated rings. The van der Waals surface area contributed by atoms with Crippen LogP contribution in [0, 0.1) is 0 Å². The molecule has 3 aromatic rings. The van der Waals surface area contributed by atoms with E-state index in [1.807, 2.05) is 0 Å². The number of ether oxygens (including phenoxy) is 2. The van der Waals surface area contributed by atoms with E-state index < -0.39 is 17.8 Å². The summed E-state index contributed by atoms with van der Waals surface area (Å²) in [5, 5.41) is 0. The van der Waals surface area contributed by atoms with Crippen molar-refractivity contribution >= 4 is 23.1 Å². The van der Waals surface area contributed by atoms with E-state index in [0.29, 0.717) is 43.5 Å². The van der Waals surface area contributed by atoms with Crippen LogP contribution in [0.3, 0.4) is 0 Å². The highest BCUT2D eigenvalue weighted by Gasteiger charge is 2.36. The number of anilines is 3. The molecule has 0 atom stereocenters. The van der Waals surface area contributed by atoms with Gasteiger partial charge in [0.1, 0.15) is 11.5 Å². The third kappa shape index (κ3) is 5.17. The molecule has 1 saturated heterocycles. The number of primary amides is 1. The molecule has 4 rings (SSSR count). The van der Waals surface area contributed by atoms with Gasteiger partial charge in [-0.2, -0.15) is 13.2 Å². The summed E-state index contributed by atoms with van der Waals surface area (Å²) >= 11 is 0. The lowest BCUT2D eigenvalue weighted by molar-refractivity contribution is -0.137. The lowest BCUT2D eigenvalue weighted by atomic mass is 10.1. The van der Waals surface area contributed by atoms with Crippen molar-refractivity contribution in [3.8, 4) is 11.5 Å². The number of rotatable bonds is 5. The van der Waals surface area contributed by atoms with Crippen LogP contribution in [0.5, 0.6) is 11.5 Å². The molecule has 2 aromatic carbocycles. The highest BCUT2D eigenvalue weighted by Crippen LogP contribution is 2.40. The SMILES string of the molecule is NC(=O)N(c1ccc(Oc2ccncc2)cc1)c1ccc(N2CCOCC2)c(C(F)(F)F)c1. The molecule has 2 N–H and O–H groups in total. The molecular weight excluding hydrogens is 437 g/mol. The third-order valence-corrected chi connectivity index (χ3v) is 5.10. The van der Waals surface area contributed by atoms with Crippen LogP contribution in [-0.2, 0) is 10.9 Å². The van der Waals surface area contributed by atoms with Crippen LogP contribution in [0.25, 0.3) is 0 Å². The fraction of sp³-hybridized carbons (Fsp3) is 0.217. The zero-order chi connectivity index (χ0) is 23.4. The van der Waals surface area contributed by atoms with Crippen molar-refractivity contribution in [2.45, 2.75) is 6.18 Å². The number of halogens is 3. The Morgan fingerprint density at radius 2 is 1.58 bits per heavy atom. The Balaban J connectivity index is 1.65. The molecule has 1 aliphatic rings. The van der Waals surface area contributed by atoms with Crippen LogP contribution in [0.15, 0.2) is 67.0 Å². The van der Waals surface area contributed by atoms with Crippen molar-refractivity contribution < 1.29 is 27.4 Å². The first-order valence-corrected chi connectivity index (χ1v) is 10.1. The molecule has 0 saturated carbocycles. The Labute approximate surface area is 188 Å². The number of pyridine rings is 1. The molecule has 0 spiro atoms. The molecule has 2 amide bonds. The maximum atomic E-state index is 13.9. The van der Waals surface area contributed by atoms with E-state index in [-0.39, 0.29) is 11.4 Å². The molecule has 33 heavy (non-hydrogen) atoms. The summed E-state index contributed by atoms with van der Waals surface area (Å²) in [6, 6.07) is 12.5. The molecule has 0 aliphatic carbocycles. The zero-order valence-electron chi connectivity index (χ0n) is 17.5. The maximum Gasteiger partial charge on any atom is 0.418 e. The molecule has 1 aromatic heterocycles. The lowest BCUT2D eigenvalue weighted by Gasteiger charge is -2.32. The fourth-order valence-electron chi connectivity index (χ4n) is 3.58. The minimum absolute atomic E-state index is 0.00892. The number of hydrogen-bond acceptors (Lipinski definition) is 5. The van der Waals surface area contributed by atoms with Gasteiger partial charge in [0.25, 0.3) is 0 Å². The molecule has 0 radical (unpaired) electrons. The van der Waals surface area contributed by atoms with Crippen molar-refractivity contribution in [3.05, 3.63) is 72.6 Å². The van der Waals surface area contributed by atoms with Crippen molar-refractivity contribution in [1.29, 1.82) is 0 Å². The molecule has 7 nitrogen and oxygen atoms in total. The first-order valence-electron chi connectivity index (χ1n) is 10.1. The van der Waals surface area contributed by atoms with Gasteiger partial charge in [0.15, 0.2) is 0 Å². The molecule has 0 bridgehead atoms. The van der Waals surface area contributed by atoms with Crippen molar-refractivity contribution in [2.24, 2.45) is 5.73 Å². The van der Waals surface area contributed by atoms with Crippen LogP contribution in [0.2, 0.25) is 0 Å². The summed E-state index contributed by atoms with van der Waals surface area (Å²) in [6.07, 6.45) is -1.45. The monoisotopic (exact) mass is 458 g/mol. The number of nitrogens with two attached hydrogens (primary N) is 1. The average molecular weight is 458 g/mol. The summed E-state index contributed by atoms with van der Waals surface area (Å²) in [7, 11) is 0. The van der Waals surface area contributed by atoms with Crippen LogP contribution in [0.4, 0.5) is 35.0 Å². The first-order chi connectivity index (χ1) is 15.8. The van der Waals surface area contributed by atoms with Crippen molar-refractivity contribution in [2.75, 3.05) is 36.1 Å². The predicted octanol–water partition coefficient (Wildman–Crippen LogP) is 4.95. The van der Waals surface area contributed by atoms with E-state index in [0.717, 1.165) is 11.0 Å². The van der Waals surface area contributed by atoms with Gasteiger partial charge >= 0.3 is 12.2 Å². The van der Waals surface area contributed by atoms with Gasteiger partial charge in [-0.15, -0.1) is 0 Å². The number of morpholine rings is 1. The second-order valence-corrected chi connectivity index (χ2v) is 7.25. The van der Waals surface area contributed by atoms with Gasteiger partial charge < -0.3 is 20.1 Å². The third-order valence-electron chi connectivity index (χ3n) is 5.10. The molecular formula is C23H21F3N4O3. The van der Waals surface area contributed by atoms with Crippen LogP contribution in [-0.4, -0.2) is 37.3 Å². The number of nitrogens with zero attached hydrogens (tertiary/aromatic N) is 3.